The summed E-state index contributed by atoms with van der Waals surface area (Å²) in [6.45, 7) is 10.1. The minimum atomic E-state index is -0.989. The van der Waals surface area contributed by atoms with Gasteiger partial charge in [-0.1, -0.05) is 13.8 Å². The third-order valence-corrected chi connectivity index (χ3v) is 2.26. The fraction of sp³-hybridized carbons (Fsp3) is 0.833. The first-order chi connectivity index (χ1) is 7.63. The van der Waals surface area contributed by atoms with Gasteiger partial charge >= 0.3 is 5.97 Å². The van der Waals surface area contributed by atoms with Gasteiger partial charge in [0, 0.05) is 18.5 Å². The summed E-state index contributed by atoms with van der Waals surface area (Å²) in [6, 6.07) is -0.808. The first-order valence-corrected chi connectivity index (χ1v) is 5.90. The minimum Gasteiger partial charge on any atom is -0.480 e. The topological polar surface area (TPSA) is 78.4 Å². The molecule has 0 heterocycles. The molecule has 0 bridgehead atoms. The van der Waals surface area contributed by atoms with Crippen LogP contribution in [0.1, 0.15) is 41.0 Å². The van der Waals surface area contributed by atoms with E-state index < -0.39 is 12.0 Å². The summed E-state index contributed by atoms with van der Waals surface area (Å²) in [5, 5.41) is 14.6. The van der Waals surface area contributed by atoms with Crippen LogP contribution in [0.15, 0.2) is 0 Å². The van der Waals surface area contributed by atoms with Gasteiger partial charge in [-0.3, -0.25) is 4.79 Å². The number of carboxylic acid groups (broad SMARTS) is 1. The largest absolute Gasteiger partial charge is 0.480 e. The van der Waals surface area contributed by atoms with Gasteiger partial charge in [-0.15, -0.1) is 0 Å². The quantitative estimate of drug-likeness (QED) is 0.651. The van der Waals surface area contributed by atoms with Crippen molar-refractivity contribution in [2.24, 2.45) is 5.92 Å². The Morgan fingerprint density at radius 2 is 1.76 bits per heavy atom. The van der Waals surface area contributed by atoms with Gasteiger partial charge in [0.05, 0.1) is 0 Å². The average molecular weight is 244 g/mol. The maximum atomic E-state index is 11.5. The molecular formula is C12H24N2O3. The Morgan fingerprint density at radius 1 is 1.24 bits per heavy atom. The molecule has 0 fully saturated rings. The van der Waals surface area contributed by atoms with Gasteiger partial charge in [-0.2, -0.15) is 0 Å². The molecule has 5 nitrogen and oxygen atoms in total. The van der Waals surface area contributed by atoms with E-state index in [0.29, 0.717) is 6.54 Å². The Labute approximate surface area is 103 Å². The Hall–Kier alpha value is -1.10. The highest BCUT2D eigenvalue weighted by molar-refractivity contribution is 5.83. The fourth-order valence-electron chi connectivity index (χ4n) is 1.31. The first-order valence-electron chi connectivity index (χ1n) is 5.90. The highest BCUT2D eigenvalue weighted by atomic mass is 16.4. The molecule has 0 aromatic carbocycles. The molecule has 17 heavy (non-hydrogen) atoms. The summed E-state index contributed by atoms with van der Waals surface area (Å²) < 4.78 is 0. The van der Waals surface area contributed by atoms with E-state index in [-0.39, 0.29) is 23.8 Å². The molecule has 0 aromatic rings. The van der Waals surface area contributed by atoms with Crippen LogP contribution in [-0.2, 0) is 9.59 Å². The van der Waals surface area contributed by atoms with Gasteiger partial charge in [0.1, 0.15) is 6.04 Å². The van der Waals surface area contributed by atoms with E-state index in [1.807, 2.05) is 20.8 Å². The van der Waals surface area contributed by atoms with Crippen LogP contribution in [0.3, 0.4) is 0 Å². The number of amides is 1. The molecule has 0 saturated carbocycles. The van der Waals surface area contributed by atoms with Crippen LogP contribution in [0.25, 0.3) is 0 Å². The molecule has 0 aliphatic heterocycles. The second-order valence-corrected chi connectivity index (χ2v) is 5.55. The zero-order valence-electron chi connectivity index (χ0n) is 11.3. The molecule has 0 rings (SSSR count). The number of aliphatic carboxylic acids is 1. The number of carboxylic acids is 1. The predicted molar refractivity (Wildman–Crippen MR) is 66.8 cm³/mol. The maximum Gasteiger partial charge on any atom is 0.326 e. The number of rotatable bonds is 6. The van der Waals surface area contributed by atoms with Gasteiger partial charge in [0.2, 0.25) is 5.91 Å². The molecule has 0 aromatic heterocycles. The van der Waals surface area contributed by atoms with Crippen molar-refractivity contribution in [2.45, 2.75) is 52.6 Å². The lowest BCUT2D eigenvalue weighted by molar-refractivity contribution is -0.143. The SMILES string of the molecule is CC(C)[C@H](NC(=O)CCNC(C)(C)C)C(=O)O. The van der Waals surface area contributed by atoms with E-state index in [0.717, 1.165) is 0 Å². The highest BCUT2D eigenvalue weighted by Gasteiger charge is 2.23. The molecule has 0 aliphatic carbocycles. The summed E-state index contributed by atoms with van der Waals surface area (Å²) in [4.78, 5) is 22.4. The molecular weight excluding hydrogens is 220 g/mol. The predicted octanol–water partition coefficient (Wildman–Crippen LogP) is 0.990. The van der Waals surface area contributed by atoms with E-state index in [1.54, 1.807) is 13.8 Å². The van der Waals surface area contributed by atoms with Crippen molar-refractivity contribution < 1.29 is 14.7 Å². The molecule has 0 spiro atoms. The van der Waals surface area contributed by atoms with E-state index in [4.69, 9.17) is 5.11 Å². The summed E-state index contributed by atoms with van der Waals surface area (Å²) in [5.41, 5.74) is -0.0372. The number of nitrogens with one attached hydrogen (secondary N) is 2. The minimum absolute atomic E-state index is 0.0372. The molecule has 3 N–H and O–H groups in total. The third kappa shape index (κ3) is 7.74. The number of carbonyl (C=O) groups is 2. The van der Waals surface area contributed by atoms with Crippen LogP contribution in [-0.4, -0.2) is 35.1 Å². The monoisotopic (exact) mass is 244 g/mol. The standard InChI is InChI=1S/C12H24N2O3/c1-8(2)10(11(16)17)14-9(15)6-7-13-12(3,4)5/h8,10,13H,6-7H2,1-5H3,(H,14,15)(H,16,17)/t10-/m0/s1. The number of hydrogen-bond acceptors (Lipinski definition) is 3. The van der Waals surface area contributed by atoms with E-state index >= 15 is 0 Å². The molecule has 1 atom stereocenters. The van der Waals surface area contributed by atoms with Crippen molar-refractivity contribution in [3.05, 3.63) is 0 Å². The van der Waals surface area contributed by atoms with Crippen molar-refractivity contribution in [3.8, 4) is 0 Å². The van der Waals surface area contributed by atoms with E-state index in [1.165, 1.54) is 0 Å². The van der Waals surface area contributed by atoms with E-state index in [9.17, 15) is 9.59 Å². The molecule has 0 unspecified atom stereocenters. The van der Waals surface area contributed by atoms with Crippen LogP contribution >= 0.6 is 0 Å². The Bertz CT molecular complexity index is 269. The fourth-order valence-corrected chi connectivity index (χ4v) is 1.31. The van der Waals surface area contributed by atoms with Gasteiger partial charge in [0.15, 0.2) is 0 Å². The van der Waals surface area contributed by atoms with Crippen molar-refractivity contribution in [3.63, 3.8) is 0 Å². The van der Waals surface area contributed by atoms with E-state index in [2.05, 4.69) is 10.6 Å². The van der Waals surface area contributed by atoms with Crippen molar-refractivity contribution in [1.82, 2.24) is 10.6 Å². The second kappa shape index (κ2) is 6.59. The van der Waals surface area contributed by atoms with Crippen LogP contribution in [0.5, 0.6) is 0 Å². The van der Waals surface area contributed by atoms with Crippen molar-refractivity contribution >= 4 is 11.9 Å². The van der Waals surface area contributed by atoms with Gasteiger partial charge in [-0.25, -0.2) is 4.79 Å². The molecule has 0 radical (unpaired) electrons. The summed E-state index contributed by atoms with van der Waals surface area (Å²) in [7, 11) is 0. The van der Waals surface area contributed by atoms with Crippen LogP contribution in [0, 0.1) is 5.92 Å². The average Bonchev–Trinajstić information content (AvgIpc) is 2.10. The molecule has 1 amide bonds. The van der Waals surface area contributed by atoms with Crippen molar-refractivity contribution in [2.75, 3.05) is 6.54 Å². The molecule has 0 saturated heterocycles. The molecule has 5 heteroatoms. The van der Waals surface area contributed by atoms with Gasteiger partial charge in [-0.05, 0) is 26.7 Å². The van der Waals surface area contributed by atoms with Crippen LogP contribution < -0.4 is 10.6 Å². The number of hydrogen-bond donors (Lipinski definition) is 3. The summed E-state index contributed by atoms with van der Waals surface area (Å²) in [5.74, 6) is -1.34. The Kier molecular flexibility index (Phi) is 6.16. The first kappa shape index (κ1) is 15.9. The van der Waals surface area contributed by atoms with Crippen LogP contribution in [0.2, 0.25) is 0 Å². The molecule has 0 aliphatic rings. The van der Waals surface area contributed by atoms with Crippen molar-refractivity contribution in [1.29, 1.82) is 0 Å². The Morgan fingerprint density at radius 3 is 2.12 bits per heavy atom. The van der Waals surface area contributed by atoms with Gasteiger partial charge < -0.3 is 15.7 Å². The number of carbonyl (C=O) groups excluding carboxylic acids is 1. The summed E-state index contributed by atoms with van der Waals surface area (Å²) >= 11 is 0. The second-order valence-electron chi connectivity index (χ2n) is 5.55. The lowest BCUT2D eigenvalue weighted by atomic mass is 10.0. The zero-order chi connectivity index (χ0) is 13.6. The normalized spacial score (nSPS) is 13.5. The lowest BCUT2D eigenvalue weighted by Crippen LogP contribution is -2.45. The summed E-state index contributed by atoms with van der Waals surface area (Å²) in [6.07, 6.45) is 0.285. The lowest BCUT2D eigenvalue weighted by Gasteiger charge is -2.21. The van der Waals surface area contributed by atoms with Gasteiger partial charge in [0.25, 0.3) is 0 Å². The van der Waals surface area contributed by atoms with Crippen LogP contribution in [0.4, 0.5) is 0 Å². The smallest absolute Gasteiger partial charge is 0.326 e. The zero-order valence-corrected chi connectivity index (χ0v) is 11.3. The molecule has 100 valence electrons. The Balaban J connectivity index is 4.04. The third-order valence-electron chi connectivity index (χ3n) is 2.26. The maximum absolute atomic E-state index is 11.5. The highest BCUT2D eigenvalue weighted by Crippen LogP contribution is 2.02.